The number of aryl methyl sites for hydroxylation is 1. The summed E-state index contributed by atoms with van der Waals surface area (Å²) >= 11 is 0. The molecule has 1 aromatic heterocycles. The largest absolute Gasteiger partial charge is 0.493 e. The van der Waals surface area contributed by atoms with E-state index in [0.29, 0.717) is 29.4 Å². The minimum Gasteiger partial charge on any atom is -0.493 e. The highest BCUT2D eigenvalue weighted by Gasteiger charge is 2.42. The van der Waals surface area contributed by atoms with Gasteiger partial charge in [0.2, 0.25) is 5.91 Å². The molecule has 1 N–H and O–H groups in total. The fourth-order valence-electron chi connectivity index (χ4n) is 5.32. The first kappa shape index (κ1) is 21.2. The molecule has 2 bridgehead atoms. The summed E-state index contributed by atoms with van der Waals surface area (Å²) in [5, 5.41) is 3.19. The average Bonchev–Trinajstić information content (AvgIpc) is 3.67. The van der Waals surface area contributed by atoms with Crippen molar-refractivity contribution >= 4 is 5.91 Å². The summed E-state index contributed by atoms with van der Waals surface area (Å²) in [6.07, 6.45) is 4.41. The molecule has 1 aliphatic carbocycles. The van der Waals surface area contributed by atoms with E-state index in [4.69, 9.17) is 19.4 Å². The number of hydrogen-bond donors (Lipinski definition) is 1. The van der Waals surface area contributed by atoms with Gasteiger partial charge in [0, 0.05) is 42.2 Å². The lowest BCUT2D eigenvalue weighted by molar-refractivity contribution is -0.122. The topological polar surface area (TPSA) is 76.6 Å². The first-order valence-corrected chi connectivity index (χ1v) is 11.7. The van der Waals surface area contributed by atoms with Crippen LogP contribution in [-0.2, 0) is 4.79 Å². The number of carbonyl (C=O) groups excluding carboxylic acids is 1. The number of nitrogens with one attached hydrogen (secondary N) is 1. The lowest BCUT2D eigenvalue weighted by Crippen LogP contribution is -2.56. The molecule has 7 heteroatoms. The molecule has 1 amide bonds. The highest BCUT2D eigenvalue weighted by Crippen LogP contribution is 2.42. The Morgan fingerprint density at radius 1 is 1.12 bits per heavy atom. The van der Waals surface area contributed by atoms with E-state index in [1.54, 1.807) is 14.2 Å². The van der Waals surface area contributed by atoms with Crippen molar-refractivity contribution in [2.75, 3.05) is 33.9 Å². The van der Waals surface area contributed by atoms with Crippen molar-refractivity contribution in [3.05, 3.63) is 35.8 Å². The lowest BCUT2D eigenvalue weighted by atomic mass is 9.74. The van der Waals surface area contributed by atoms with Gasteiger partial charge in [-0.05, 0) is 69.3 Å². The third-order valence-electron chi connectivity index (χ3n) is 7.26. The Bertz CT molecular complexity index is 1010. The molecule has 7 nitrogen and oxygen atoms in total. The molecule has 170 valence electrons. The number of benzene rings is 1. The van der Waals surface area contributed by atoms with E-state index < -0.39 is 0 Å². The van der Waals surface area contributed by atoms with E-state index in [2.05, 4.69) is 16.3 Å². The van der Waals surface area contributed by atoms with E-state index in [9.17, 15) is 4.79 Å². The summed E-state index contributed by atoms with van der Waals surface area (Å²) < 4.78 is 10.9. The standard InChI is InChI=1S/C25H32N4O3/c1-15-27-21(18-6-7-23(31-2)24(11-18)32-3)12-22(28-15)20-14-29-9-8-17(20)10-19(29)13-26-25(30)16-4-5-16/h6-7,11-12,16-17,19-20H,4-5,8-10,13-14H2,1-3H3,(H,26,30)/t17-,19+,20+/m0/s1. The van der Waals surface area contributed by atoms with Crippen LogP contribution in [0, 0.1) is 18.8 Å². The number of rotatable bonds is 7. The van der Waals surface area contributed by atoms with Gasteiger partial charge in [-0.25, -0.2) is 9.97 Å². The van der Waals surface area contributed by atoms with Crippen LogP contribution in [0.25, 0.3) is 11.3 Å². The lowest BCUT2D eigenvalue weighted by Gasteiger charge is -2.49. The maximum absolute atomic E-state index is 12.1. The summed E-state index contributed by atoms with van der Waals surface area (Å²) in [6, 6.07) is 8.49. The predicted octanol–water partition coefficient (Wildman–Crippen LogP) is 3.17. The molecule has 4 heterocycles. The zero-order valence-corrected chi connectivity index (χ0v) is 19.1. The summed E-state index contributed by atoms with van der Waals surface area (Å²) in [5.74, 6) is 3.71. The van der Waals surface area contributed by atoms with Crippen molar-refractivity contribution < 1.29 is 14.3 Å². The zero-order chi connectivity index (χ0) is 22.2. The molecular formula is C25H32N4O3. The van der Waals surface area contributed by atoms with E-state index in [1.807, 2.05) is 25.1 Å². The van der Waals surface area contributed by atoms with Gasteiger partial charge >= 0.3 is 0 Å². The molecule has 3 saturated heterocycles. The van der Waals surface area contributed by atoms with Gasteiger partial charge in [0.15, 0.2) is 11.5 Å². The van der Waals surface area contributed by atoms with Crippen molar-refractivity contribution in [1.29, 1.82) is 0 Å². The van der Waals surface area contributed by atoms with Crippen LogP contribution in [0.1, 0.15) is 43.1 Å². The predicted molar refractivity (Wildman–Crippen MR) is 122 cm³/mol. The molecular weight excluding hydrogens is 404 g/mol. The number of ether oxygens (including phenoxy) is 2. The Labute approximate surface area is 189 Å². The monoisotopic (exact) mass is 436 g/mol. The minimum absolute atomic E-state index is 0.246. The maximum Gasteiger partial charge on any atom is 0.223 e. The second-order valence-corrected chi connectivity index (χ2v) is 9.35. The summed E-state index contributed by atoms with van der Waals surface area (Å²) in [7, 11) is 3.29. The number of nitrogens with zero attached hydrogens (tertiary/aromatic N) is 3. The smallest absolute Gasteiger partial charge is 0.223 e. The van der Waals surface area contributed by atoms with E-state index in [0.717, 1.165) is 61.7 Å². The maximum atomic E-state index is 12.1. The first-order valence-electron chi connectivity index (χ1n) is 11.7. The molecule has 4 aliphatic rings. The highest BCUT2D eigenvalue weighted by molar-refractivity contribution is 5.80. The fourth-order valence-corrected chi connectivity index (χ4v) is 5.32. The van der Waals surface area contributed by atoms with Gasteiger partial charge < -0.3 is 14.8 Å². The Kier molecular flexibility index (Phi) is 5.76. The number of carbonyl (C=O) groups is 1. The van der Waals surface area contributed by atoms with E-state index in [-0.39, 0.29) is 11.8 Å². The number of methoxy groups -OCH3 is 2. The van der Waals surface area contributed by atoms with Gasteiger partial charge in [0.1, 0.15) is 5.82 Å². The molecule has 4 fully saturated rings. The molecule has 1 aromatic carbocycles. The molecule has 0 radical (unpaired) electrons. The quantitative estimate of drug-likeness (QED) is 0.719. The number of hydrogen-bond acceptors (Lipinski definition) is 6. The molecule has 1 saturated carbocycles. The van der Waals surface area contributed by atoms with Crippen LogP contribution in [0.4, 0.5) is 0 Å². The highest BCUT2D eigenvalue weighted by atomic mass is 16.5. The van der Waals surface area contributed by atoms with Crippen LogP contribution in [0.2, 0.25) is 0 Å². The normalized spacial score (nSPS) is 26.6. The Morgan fingerprint density at radius 3 is 2.62 bits per heavy atom. The second-order valence-electron chi connectivity index (χ2n) is 9.35. The molecule has 32 heavy (non-hydrogen) atoms. The van der Waals surface area contributed by atoms with Crippen molar-refractivity contribution in [3.8, 4) is 22.8 Å². The minimum atomic E-state index is 0.246. The number of fused-ring (bicyclic) bond motifs is 3. The average molecular weight is 437 g/mol. The Balaban J connectivity index is 1.34. The second kappa shape index (κ2) is 8.70. The van der Waals surface area contributed by atoms with Crippen molar-refractivity contribution in [2.24, 2.45) is 11.8 Å². The van der Waals surface area contributed by atoms with Crippen LogP contribution in [-0.4, -0.2) is 60.7 Å². The molecule has 3 aliphatic heterocycles. The summed E-state index contributed by atoms with van der Waals surface area (Å²) in [4.78, 5) is 24.2. The SMILES string of the molecule is COc1ccc(-c2cc([C@@H]3CN4CC[C@H]3C[C@@H]4CNC(=O)C3CC3)nc(C)n2)cc1OC. The zero-order valence-electron chi connectivity index (χ0n) is 19.1. The van der Waals surface area contributed by atoms with Crippen LogP contribution in [0.15, 0.2) is 24.3 Å². The van der Waals surface area contributed by atoms with Crippen molar-refractivity contribution in [1.82, 2.24) is 20.2 Å². The van der Waals surface area contributed by atoms with Gasteiger partial charge in [-0.1, -0.05) is 0 Å². The third kappa shape index (κ3) is 4.18. The van der Waals surface area contributed by atoms with Crippen LogP contribution in [0.3, 0.4) is 0 Å². The van der Waals surface area contributed by atoms with Gasteiger partial charge in [0.25, 0.3) is 0 Å². The fraction of sp³-hybridized carbons (Fsp3) is 0.560. The number of aromatic nitrogens is 2. The van der Waals surface area contributed by atoms with Gasteiger partial charge in [-0.15, -0.1) is 0 Å². The van der Waals surface area contributed by atoms with Crippen molar-refractivity contribution in [2.45, 2.75) is 44.6 Å². The first-order chi connectivity index (χ1) is 15.6. The Hall–Kier alpha value is -2.67. The molecule has 6 rings (SSSR count). The molecule has 4 atom stereocenters. The number of piperidine rings is 3. The molecule has 0 spiro atoms. The third-order valence-corrected chi connectivity index (χ3v) is 7.26. The van der Waals surface area contributed by atoms with Crippen LogP contribution in [0.5, 0.6) is 11.5 Å². The van der Waals surface area contributed by atoms with Gasteiger partial charge in [0.05, 0.1) is 19.9 Å². The summed E-state index contributed by atoms with van der Waals surface area (Å²) in [5.41, 5.74) is 3.03. The van der Waals surface area contributed by atoms with Crippen LogP contribution < -0.4 is 14.8 Å². The van der Waals surface area contributed by atoms with Crippen LogP contribution >= 0.6 is 0 Å². The summed E-state index contributed by atoms with van der Waals surface area (Å²) in [6.45, 7) is 4.85. The van der Waals surface area contributed by atoms with E-state index >= 15 is 0 Å². The number of amides is 1. The van der Waals surface area contributed by atoms with Crippen molar-refractivity contribution in [3.63, 3.8) is 0 Å². The van der Waals surface area contributed by atoms with E-state index in [1.165, 1.54) is 6.42 Å². The van der Waals surface area contributed by atoms with Gasteiger partial charge in [-0.2, -0.15) is 0 Å². The Morgan fingerprint density at radius 2 is 1.94 bits per heavy atom. The molecule has 2 aromatic rings. The van der Waals surface area contributed by atoms with Gasteiger partial charge in [-0.3, -0.25) is 9.69 Å². The molecule has 1 unspecified atom stereocenters.